The summed E-state index contributed by atoms with van der Waals surface area (Å²) in [5.74, 6) is -3.11. The molecule has 0 radical (unpaired) electrons. The first-order valence-corrected chi connectivity index (χ1v) is 11.0. The molecule has 0 saturated carbocycles. The number of hydrogen-bond acceptors (Lipinski definition) is 6. The van der Waals surface area contributed by atoms with Crippen LogP contribution in [-0.2, 0) is 21.6 Å². The van der Waals surface area contributed by atoms with E-state index < -0.39 is 40.4 Å². The number of nitrogens with zero attached hydrogens (tertiary/aromatic N) is 3. The van der Waals surface area contributed by atoms with E-state index in [-0.39, 0.29) is 36.1 Å². The molecule has 33 heavy (non-hydrogen) atoms. The summed E-state index contributed by atoms with van der Waals surface area (Å²) in [5.41, 5.74) is -1.76. The van der Waals surface area contributed by atoms with Crippen LogP contribution in [0.1, 0.15) is 24.3 Å². The molecule has 176 valence electrons. The molecule has 3 aromatic rings. The normalized spacial score (nSPS) is 21.5. The molecule has 2 aromatic carbocycles. The lowest BCUT2D eigenvalue weighted by molar-refractivity contribution is -0.181. The minimum absolute atomic E-state index is 0.0803. The molecular weight excluding hydrogens is 462 g/mol. The van der Waals surface area contributed by atoms with Crippen molar-refractivity contribution in [3.05, 3.63) is 83.4 Å². The number of hydrogen-bond donors (Lipinski definition) is 1. The fraction of sp³-hybridized carbons (Fsp3) is 0.364. The maximum Gasteiger partial charge on any atom is 0.186 e. The van der Waals surface area contributed by atoms with Crippen molar-refractivity contribution in [2.75, 3.05) is 13.2 Å². The summed E-state index contributed by atoms with van der Waals surface area (Å²) in [6.45, 7) is 1.89. The topological polar surface area (TPSA) is 69.4 Å². The number of thioether (sulfide) groups is 1. The Morgan fingerprint density at radius 2 is 1.76 bits per heavy atom. The first-order valence-electron chi connectivity index (χ1n) is 10.1. The Hall–Kier alpha value is -2.47. The lowest BCUT2D eigenvalue weighted by Gasteiger charge is -2.37. The van der Waals surface area contributed by atoms with E-state index in [9.17, 15) is 22.7 Å². The van der Waals surface area contributed by atoms with Crippen LogP contribution in [0.5, 0.6) is 0 Å². The van der Waals surface area contributed by atoms with Gasteiger partial charge in [-0.15, -0.1) is 11.8 Å². The Kier molecular flexibility index (Phi) is 7.03. The van der Waals surface area contributed by atoms with Crippen LogP contribution in [0.2, 0.25) is 0 Å². The number of ether oxygens (including phenoxy) is 2. The van der Waals surface area contributed by atoms with Gasteiger partial charge in [-0.25, -0.2) is 27.2 Å². The third kappa shape index (κ3) is 5.21. The van der Waals surface area contributed by atoms with Crippen molar-refractivity contribution in [1.82, 2.24) is 14.8 Å². The molecule has 2 atom stereocenters. The van der Waals surface area contributed by atoms with E-state index in [1.807, 2.05) is 0 Å². The van der Waals surface area contributed by atoms with Crippen molar-refractivity contribution >= 4 is 11.8 Å². The summed E-state index contributed by atoms with van der Waals surface area (Å²) >= 11 is 1.29. The molecule has 1 aromatic heterocycles. The number of rotatable bonds is 7. The number of aliphatic hydroxyl groups is 1. The number of aromatic nitrogens is 3. The van der Waals surface area contributed by atoms with Crippen molar-refractivity contribution in [2.45, 2.75) is 35.9 Å². The summed E-state index contributed by atoms with van der Waals surface area (Å²) in [5, 5.41) is 14.7. The van der Waals surface area contributed by atoms with Crippen molar-refractivity contribution in [1.29, 1.82) is 0 Å². The van der Waals surface area contributed by atoms with Crippen molar-refractivity contribution in [3.63, 3.8) is 0 Å². The van der Waals surface area contributed by atoms with Crippen LogP contribution in [-0.4, -0.2) is 43.6 Å². The van der Waals surface area contributed by atoms with Crippen molar-refractivity contribution < 1.29 is 32.1 Å². The Labute approximate surface area is 191 Å². The third-order valence-corrected chi connectivity index (χ3v) is 6.87. The fourth-order valence-electron chi connectivity index (χ4n) is 3.67. The van der Waals surface area contributed by atoms with Gasteiger partial charge in [-0.05, 0) is 18.2 Å². The molecule has 0 aliphatic carbocycles. The Bertz CT molecular complexity index is 1100. The van der Waals surface area contributed by atoms with Gasteiger partial charge in [-0.3, -0.25) is 0 Å². The summed E-state index contributed by atoms with van der Waals surface area (Å²) in [7, 11) is 0. The van der Waals surface area contributed by atoms with Gasteiger partial charge in [0.15, 0.2) is 6.29 Å². The Balaban J connectivity index is 1.49. The summed E-state index contributed by atoms with van der Waals surface area (Å²) in [6.07, 6.45) is 1.69. The first-order chi connectivity index (χ1) is 15.8. The standard InChI is InChI=1S/C22H21F4N3O3S/c1-13(33-16-8-31-21(32-9-16)17-4-2-14(23)6-19(17)25)22(30,10-29-12-27-11-28-29)18-5-3-15(24)7-20(18)26/h2-7,11-13,16,21,30H,8-10H2,1H3/t13-,16?,21?,22-/m1/s1. The van der Waals surface area contributed by atoms with E-state index >= 15 is 0 Å². The molecule has 11 heteroatoms. The van der Waals surface area contributed by atoms with Crippen LogP contribution < -0.4 is 0 Å². The van der Waals surface area contributed by atoms with E-state index in [1.165, 1.54) is 41.2 Å². The second-order valence-corrected chi connectivity index (χ2v) is 9.35. The minimum Gasteiger partial charge on any atom is -0.382 e. The SMILES string of the molecule is C[C@@H](SC1COC(c2ccc(F)cc2F)OC1)[C@](O)(Cn1cncn1)c1ccc(F)cc1F. The maximum absolute atomic E-state index is 14.7. The van der Waals surface area contributed by atoms with Crippen LogP contribution in [0.25, 0.3) is 0 Å². The van der Waals surface area contributed by atoms with E-state index in [2.05, 4.69) is 10.1 Å². The van der Waals surface area contributed by atoms with Gasteiger partial charge in [0.25, 0.3) is 0 Å². The first kappa shape index (κ1) is 23.7. The Morgan fingerprint density at radius 1 is 1.09 bits per heavy atom. The molecule has 6 nitrogen and oxygen atoms in total. The molecule has 4 rings (SSSR count). The summed E-state index contributed by atoms with van der Waals surface area (Å²) < 4.78 is 67.9. The van der Waals surface area contributed by atoms with Crippen molar-refractivity contribution in [2.24, 2.45) is 0 Å². The molecular formula is C22H21F4N3O3S. The van der Waals surface area contributed by atoms with Crippen LogP contribution in [0.15, 0.2) is 49.1 Å². The molecule has 2 heterocycles. The van der Waals surface area contributed by atoms with Crippen LogP contribution in [0.4, 0.5) is 17.6 Å². The number of benzene rings is 2. The van der Waals surface area contributed by atoms with Crippen LogP contribution >= 0.6 is 11.8 Å². The van der Waals surface area contributed by atoms with Gasteiger partial charge in [-0.1, -0.05) is 13.0 Å². The highest BCUT2D eigenvalue weighted by atomic mass is 32.2. The van der Waals surface area contributed by atoms with Gasteiger partial charge in [-0.2, -0.15) is 5.10 Å². The van der Waals surface area contributed by atoms with Gasteiger partial charge in [0, 0.05) is 28.5 Å². The monoisotopic (exact) mass is 483 g/mol. The van der Waals surface area contributed by atoms with Gasteiger partial charge < -0.3 is 14.6 Å². The van der Waals surface area contributed by atoms with Gasteiger partial charge in [0.1, 0.15) is 41.5 Å². The molecule has 0 bridgehead atoms. The largest absolute Gasteiger partial charge is 0.382 e. The molecule has 1 N–H and O–H groups in total. The van der Waals surface area contributed by atoms with E-state index in [0.29, 0.717) is 6.07 Å². The van der Waals surface area contributed by atoms with Crippen molar-refractivity contribution in [3.8, 4) is 0 Å². The third-order valence-electron chi connectivity index (χ3n) is 5.42. The fourth-order valence-corrected chi connectivity index (χ4v) is 4.99. The number of halogens is 4. The molecule has 1 fully saturated rings. The lowest BCUT2D eigenvalue weighted by Crippen LogP contribution is -2.43. The zero-order valence-corrected chi connectivity index (χ0v) is 18.3. The van der Waals surface area contributed by atoms with E-state index in [1.54, 1.807) is 6.92 Å². The van der Waals surface area contributed by atoms with Gasteiger partial charge >= 0.3 is 0 Å². The molecule has 0 spiro atoms. The van der Waals surface area contributed by atoms with Crippen LogP contribution in [0.3, 0.4) is 0 Å². The predicted molar refractivity (Wildman–Crippen MR) is 112 cm³/mol. The average Bonchev–Trinajstić information content (AvgIpc) is 3.27. The second kappa shape index (κ2) is 9.80. The quantitative estimate of drug-likeness (QED) is 0.513. The molecule has 1 saturated heterocycles. The molecule has 0 amide bonds. The molecule has 1 aliphatic rings. The van der Waals surface area contributed by atoms with Crippen LogP contribution in [0, 0.1) is 23.3 Å². The highest BCUT2D eigenvalue weighted by Crippen LogP contribution is 2.39. The highest BCUT2D eigenvalue weighted by Gasteiger charge is 2.41. The predicted octanol–water partition coefficient (Wildman–Crippen LogP) is 3.96. The smallest absolute Gasteiger partial charge is 0.186 e. The molecule has 1 aliphatic heterocycles. The second-order valence-electron chi connectivity index (χ2n) is 7.71. The van der Waals surface area contributed by atoms with E-state index in [0.717, 1.165) is 18.2 Å². The average molecular weight is 483 g/mol. The summed E-state index contributed by atoms with van der Waals surface area (Å²) in [4.78, 5) is 3.85. The zero-order chi connectivity index (χ0) is 23.6. The summed E-state index contributed by atoms with van der Waals surface area (Å²) in [6, 6.07) is 6.14. The lowest BCUT2D eigenvalue weighted by atomic mass is 9.90. The van der Waals surface area contributed by atoms with E-state index in [4.69, 9.17) is 9.47 Å². The minimum atomic E-state index is -1.77. The Morgan fingerprint density at radius 3 is 2.36 bits per heavy atom. The van der Waals surface area contributed by atoms with Gasteiger partial charge in [0.2, 0.25) is 0 Å². The highest BCUT2D eigenvalue weighted by molar-refractivity contribution is 8.00. The van der Waals surface area contributed by atoms with Gasteiger partial charge in [0.05, 0.1) is 25.0 Å². The zero-order valence-electron chi connectivity index (χ0n) is 17.5. The maximum atomic E-state index is 14.7. The molecule has 0 unspecified atom stereocenters.